The SMILES string of the molecule is Cc1ccc(N(c2ccc3cc4c(cc3c2)oc2cc3oc5cc6cc(N(c7ccc(C)cc7)c7cc(C)ccc7C)ccc6cc5c3c(C)c24)c2cc(C)ccc2C)cc1. The fourth-order valence-electron chi connectivity index (χ4n) is 9.35. The van der Waals surface area contributed by atoms with Gasteiger partial charge in [0.2, 0.25) is 0 Å². The molecule has 61 heavy (non-hydrogen) atoms. The van der Waals surface area contributed by atoms with Crippen LogP contribution in [0.4, 0.5) is 34.1 Å². The number of rotatable bonds is 6. The van der Waals surface area contributed by atoms with Crippen LogP contribution in [0.25, 0.3) is 65.4 Å². The van der Waals surface area contributed by atoms with Crippen molar-refractivity contribution in [1.29, 1.82) is 0 Å². The quantitative estimate of drug-likeness (QED) is 0.168. The summed E-state index contributed by atoms with van der Waals surface area (Å²) in [6.07, 6.45) is 0. The zero-order valence-corrected chi connectivity index (χ0v) is 35.6. The second kappa shape index (κ2) is 13.9. The zero-order valence-electron chi connectivity index (χ0n) is 35.6. The molecule has 11 rings (SSSR count). The molecule has 0 saturated carbocycles. The van der Waals surface area contributed by atoms with E-state index in [1.165, 1.54) is 55.5 Å². The third-order valence-corrected chi connectivity index (χ3v) is 12.6. The highest BCUT2D eigenvalue weighted by Crippen LogP contribution is 2.45. The minimum Gasteiger partial charge on any atom is -0.456 e. The zero-order chi connectivity index (χ0) is 41.7. The summed E-state index contributed by atoms with van der Waals surface area (Å²) in [6.45, 7) is 15.2. The molecule has 0 bridgehead atoms. The fourth-order valence-corrected chi connectivity index (χ4v) is 9.35. The first kappa shape index (κ1) is 36.8. The van der Waals surface area contributed by atoms with Crippen molar-refractivity contribution in [3.8, 4) is 0 Å². The molecular weight excluding hydrogens is 745 g/mol. The number of anilines is 6. The van der Waals surface area contributed by atoms with Crippen molar-refractivity contribution < 1.29 is 8.83 Å². The molecule has 0 amide bonds. The van der Waals surface area contributed by atoms with E-state index in [0.29, 0.717) is 0 Å². The summed E-state index contributed by atoms with van der Waals surface area (Å²) in [5.41, 5.74) is 18.8. The summed E-state index contributed by atoms with van der Waals surface area (Å²) in [7, 11) is 0. The van der Waals surface area contributed by atoms with E-state index < -0.39 is 0 Å². The highest BCUT2D eigenvalue weighted by Gasteiger charge is 2.21. The van der Waals surface area contributed by atoms with Crippen LogP contribution in [0.15, 0.2) is 160 Å². The van der Waals surface area contributed by atoms with Gasteiger partial charge in [-0.05, 0) is 183 Å². The smallest absolute Gasteiger partial charge is 0.139 e. The van der Waals surface area contributed by atoms with Gasteiger partial charge in [0.15, 0.2) is 0 Å². The molecular formula is C57H46N2O2. The Morgan fingerprint density at radius 1 is 0.311 bits per heavy atom. The minimum absolute atomic E-state index is 0.834. The van der Waals surface area contributed by atoms with Gasteiger partial charge >= 0.3 is 0 Å². The van der Waals surface area contributed by atoms with Crippen LogP contribution in [0, 0.1) is 48.5 Å². The lowest BCUT2D eigenvalue weighted by molar-refractivity contribution is 0.656. The van der Waals surface area contributed by atoms with Crippen LogP contribution >= 0.6 is 0 Å². The predicted octanol–water partition coefficient (Wildman–Crippen LogP) is 16.9. The van der Waals surface area contributed by atoms with Crippen LogP contribution < -0.4 is 9.80 Å². The van der Waals surface area contributed by atoms with Gasteiger partial charge < -0.3 is 18.6 Å². The van der Waals surface area contributed by atoms with Gasteiger partial charge in [0.25, 0.3) is 0 Å². The van der Waals surface area contributed by atoms with Crippen molar-refractivity contribution in [3.63, 3.8) is 0 Å². The predicted molar refractivity (Wildman–Crippen MR) is 259 cm³/mol. The third-order valence-electron chi connectivity index (χ3n) is 12.6. The van der Waals surface area contributed by atoms with Gasteiger partial charge in [0, 0.05) is 61.7 Å². The average Bonchev–Trinajstić information content (AvgIpc) is 3.80. The van der Waals surface area contributed by atoms with Crippen LogP contribution in [0.5, 0.6) is 0 Å². The number of hydrogen-bond donors (Lipinski definition) is 0. The summed E-state index contributed by atoms with van der Waals surface area (Å²) >= 11 is 0. The second-order valence-corrected chi connectivity index (χ2v) is 17.1. The van der Waals surface area contributed by atoms with Gasteiger partial charge in [-0.1, -0.05) is 71.8 Å². The summed E-state index contributed by atoms with van der Waals surface area (Å²) in [5.74, 6) is 0. The number of nitrogens with zero attached hydrogens (tertiary/aromatic N) is 2. The van der Waals surface area contributed by atoms with Crippen molar-refractivity contribution in [2.75, 3.05) is 9.80 Å². The Morgan fingerprint density at radius 2 is 0.705 bits per heavy atom. The van der Waals surface area contributed by atoms with Crippen LogP contribution in [0.3, 0.4) is 0 Å². The van der Waals surface area contributed by atoms with Gasteiger partial charge in [0.1, 0.15) is 22.3 Å². The van der Waals surface area contributed by atoms with Crippen molar-refractivity contribution >= 4 is 99.5 Å². The van der Waals surface area contributed by atoms with E-state index in [1.807, 2.05) is 0 Å². The van der Waals surface area contributed by atoms with Crippen molar-refractivity contribution in [1.82, 2.24) is 0 Å². The Balaban J connectivity index is 1.03. The Kier molecular flexibility index (Phi) is 8.37. The molecule has 9 aromatic carbocycles. The monoisotopic (exact) mass is 790 g/mol. The molecule has 0 aliphatic heterocycles. The molecule has 4 heteroatoms. The maximum absolute atomic E-state index is 6.71. The first-order chi connectivity index (χ1) is 29.6. The topological polar surface area (TPSA) is 32.8 Å². The lowest BCUT2D eigenvalue weighted by Gasteiger charge is -2.28. The van der Waals surface area contributed by atoms with Crippen molar-refractivity contribution in [2.45, 2.75) is 48.5 Å². The van der Waals surface area contributed by atoms with Gasteiger partial charge in [-0.3, -0.25) is 0 Å². The van der Waals surface area contributed by atoms with Gasteiger partial charge in [-0.15, -0.1) is 0 Å². The summed E-state index contributed by atoms with van der Waals surface area (Å²) in [6, 6.07) is 55.5. The first-order valence-electron chi connectivity index (χ1n) is 21.1. The molecule has 2 heterocycles. The molecule has 0 fully saturated rings. The van der Waals surface area contributed by atoms with E-state index in [9.17, 15) is 0 Å². The van der Waals surface area contributed by atoms with Gasteiger partial charge in [-0.2, -0.15) is 0 Å². The minimum atomic E-state index is 0.834. The largest absolute Gasteiger partial charge is 0.456 e. The molecule has 296 valence electrons. The molecule has 0 unspecified atom stereocenters. The maximum Gasteiger partial charge on any atom is 0.139 e. The van der Waals surface area contributed by atoms with Crippen LogP contribution in [-0.4, -0.2) is 0 Å². The number of benzene rings is 9. The molecule has 0 atom stereocenters. The molecule has 0 radical (unpaired) electrons. The van der Waals surface area contributed by atoms with E-state index in [2.05, 4.69) is 210 Å². The second-order valence-electron chi connectivity index (χ2n) is 17.1. The number of aryl methyl sites for hydroxylation is 7. The molecule has 2 aromatic heterocycles. The third kappa shape index (κ3) is 6.13. The average molecular weight is 791 g/mol. The maximum atomic E-state index is 6.71. The van der Waals surface area contributed by atoms with E-state index in [-0.39, 0.29) is 0 Å². The van der Waals surface area contributed by atoms with E-state index in [1.54, 1.807) is 0 Å². The molecule has 0 N–H and O–H groups in total. The number of fused-ring (bicyclic) bond motifs is 8. The molecule has 0 saturated heterocycles. The Morgan fingerprint density at radius 3 is 1.13 bits per heavy atom. The number of furan rings is 2. The Bertz CT molecular complexity index is 3320. The van der Waals surface area contributed by atoms with Crippen molar-refractivity contribution in [3.05, 3.63) is 191 Å². The lowest BCUT2D eigenvalue weighted by atomic mass is 9.98. The van der Waals surface area contributed by atoms with Gasteiger partial charge in [0.05, 0.1) is 0 Å². The molecule has 0 spiro atoms. The summed E-state index contributed by atoms with van der Waals surface area (Å²) in [5, 5.41) is 9.08. The summed E-state index contributed by atoms with van der Waals surface area (Å²) < 4.78 is 13.4. The normalized spacial score (nSPS) is 11.9. The molecule has 11 aromatic rings. The van der Waals surface area contributed by atoms with Crippen LogP contribution in [-0.2, 0) is 0 Å². The lowest BCUT2D eigenvalue weighted by Crippen LogP contribution is -2.11. The van der Waals surface area contributed by atoms with Crippen LogP contribution in [0.2, 0.25) is 0 Å². The van der Waals surface area contributed by atoms with E-state index in [4.69, 9.17) is 8.83 Å². The first-order valence-corrected chi connectivity index (χ1v) is 21.1. The van der Waals surface area contributed by atoms with E-state index >= 15 is 0 Å². The fraction of sp³-hybridized carbons (Fsp3) is 0.123. The highest BCUT2D eigenvalue weighted by molar-refractivity contribution is 6.21. The summed E-state index contributed by atoms with van der Waals surface area (Å²) in [4.78, 5) is 4.73. The van der Waals surface area contributed by atoms with Crippen LogP contribution in [0.1, 0.15) is 38.9 Å². The molecule has 4 nitrogen and oxygen atoms in total. The van der Waals surface area contributed by atoms with Crippen molar-refractivity contribution in [2.24, 2.45) is 0 Å². The molecule has 0 aliphatic carbocycles. The standard InChI is InChI=1S/C57H46N2O2/c1-33-10-18-44(19-11-33)58(50-24-35(3)8-14-37(50)5)46-22-16-40-28-48-52(30-42(40)26-46)60-54-32-55-57(39(7)56(48)54)49-29-41-17-23-47(27-43(41)31-53(49)61-55)59(45-20-12-34(2)13-21-45)51-25-36(4)9-15-38(51)6/h8-32H,1-7H3. The van der Waals surface area contributed by atoms with Gasteiger partial charge in [-0.25, -0.2) is 0 Å². The van der Waals surface area contributed by atoms with E-state index in [0.717, 1.165) is 83.0 Å². The number of hydrogen-bond acceptors (Lipinski definition) is 4. The Labute approximate surface area is 355 Å². The highest BCUT2D eigenvalue weighted by atomic mass is 16.3. The molecule has 0 aliphatic rings. The Hall–Kier alpha value is -7.30.